The number of hydrogen-bond acceptors (Lipinski definition) is 2. The molecule has 9 aromatic rings. The molecular weight excluding hydrogens is 667 g/mol. The number of nitrogens with zero attached hydrogens (tertiary/aromatic N) is 1. The van der Waals surface area contributed by atoms with Gasteiger partial charge in [0.1, 0.15) is 11.2 Å². The molecule has 0 N–H and O–H groups in total. The summed E-state index contributed by atoms with van der Waals surface area (Å²) in [6.45, 7) is 4.73. The Morgan fingerprint density at radius 3 is 2.13 bits per heavy atom. The first kappa shape index (κ1) is 31.8. The normalized spacial score (nSPS) is 14.6. The van der Waals surface area contributed by atoms with Crippen molar-refractivity contribution in [2.24, 2.45) is 0 Å². The quantitative estimate of drug-likeness (QED) is 0.177. The van der Waals surface area contributed by atoms with E-state index in [9.17, 15) is 0 Å². The molecule has 0 radical (unpaired) electrons. The average Bonchev–Trinajstić information content (AvgIpc) is 3.73. The minimum absolute atomic E-state index is 0.0869. The largest absolute Gasteiger partial charge is 0.456 e. The molecule has 1 aromatic heterocycles. The van der Waals surface area contributed by atoms with Crippen LogP contribution in [0.25, 0.3) is 71.3 Å². The predicted molar refractivity (Wildman–Crippen MR) is 232 cm³/mol. The molecule has 0 bridgehead atoms. The van der Waals surface area contributed by atoms with Crippen LogP contribution in [0.2, 0.25) is 0 Å². The molecule has 2 aliphatic rings. The standard InChI is InChI=1S/C53H39NO/c1-53(2)48-16-7-5-14-44(48)45-28-27-43(33-49(45)53)54(42-13-9-12-38(31-42)39-20-18-34-10-3-4-11-37(34)30-39)41-25-22-35(23-26-41)40-21-19-36-24-29-51-52(47(36)32-40)46-15-6-8-17-50(46)55-51/h3-22,24-25,27-33H,23,26H2,1-2H3. The number of furan rings is 1. The first-order valence-electron chi connectivity index (χ1n) is 19.4. The number of anilines is 2. The van der Waals surface area contributed by atoms with Gasteiger partial charge in [0.15, 0.2) is 0 Å². The Bertz CT molecular complexity index is 3080. The number of hydrogen-bond donors (Lipinski definition) is 0. The zero-order valence-corrected chi connectivity index (χ0v) is 31.0. The zero-order chi connectivity index (χ0) is 36.7. The highest BCUT2D eigenvalue weighted by Gasteiger charge is 2.36. The van der Waals surface area contributed by atoms with Crippen LogP contribution < -0.4 is 4.90 Å². The van der Waals surface area contributed by atoms with Crippen molar-refractivity contribution in [2.45, 2.75) is 32.1 Å². The maximum atomic E-state index is 6.26. The molecule has 8 aromatic carbocycles. The van der Waals surface area contributed by atoms with E-state index < -0.39 is 0 Å². The Hall–Kier alpha value is -6.64. The van der Waals surface area contributed by atoms with Crippen molar-refractivity contribution in [1.82, 2.24) is 0 Å². The van der Waals surface area contributed by atoms with Gasteiger partial charge in [0.25, 0.3) is 0 Å². The van der Waals surface area contributed by atoms with Crippen molar-refractivity contribution in [3.63, 3.8) is 0 Å². The molecule has 2 nitrogen and oxygen atoms in total. The summed E-state index contributed by atoms with van der Waals surface area (Å²) in [5, 5.41) is 7.35. The predicted octanol–water partition coefficient (Wildman–Crippen LogP) is 14.8. The van der Waals surface area contributed by atoms with Crippen LogP contribution in [0.3, 0.4) is 0 Å². The van der Waals surface area contributed by atoms with Crippen molar-refractivity contribution in [1.29, 1.82) is 0 Å². The molecule has 0 saturated carbocycles. The Labute approximate surface area is 321 Å². The van der Waals surface area contributed by atoms with Gasteiger partial charge < -0.3 is 9.32 Å². The Kier molecular flexibility index (Phi) is 7.06. The van der Waals surface area contributed by atoms with Crippen LogP contribution in [0.15, 0.2) is 186 Å². The highest BCUT2D eigenvalue weighted by Crippen LogP contribution is 2.51. The molecule has 262 valence electrons. The lowest BCUT2D eigenvalue weighted by atomic mass is 9.82. The fourth-order valence-electron chi connectivity index (χ4n) is 9.30. The number of rotatable bonds is 5. The van der Waals surface area contributed by atoms with Gasteiger partial charge in [-0.2, -0.15) is 0 Å². The molecule has 2 heteroatoms. The third-order valence-corrected chi connectivity index (χ3v) is 12.2. The van der Waals surface area contributed by atoms with E-state index in [2.05, 4.69) is 189 Å². The smallest absolute Gasteiger partial charge is 0.136 e. The minimum Gasteiger partial charge on any atom is -0.456 e. The molecule has 0 fully saturated rings. The molecule has 0 atom stereocenters. The van der Waals surface area contributed by atoms with Gasteiger partial charge in [-0.15, -0.1) is 0 Å². The third-order valence-electron chi connectivity index (χ3n) is 12.2. The second kappa shape index (κ2) is 12.2. The van der Waals surface area contributed by atoms with E-state index in [1.165, 1.54) is 93.9 Å². The summed E-state index contributed by atoms with van der Waals surface area (Å²) in [7, 11) is 0. The van der Waals surface area contributed by atoms with E-state index in [1.54, 1.807) is 0 Å². The lowest BCUT2D eigenvalue weighted by Crippen LogP contribution is -2.20. The Morgan fingerprint density at radius 1 is 0.473 bits per heavy atom. The molecular formula is C53H39NO. The van der Waals surface area contributed by atoms with Gasteiger partial charge in [-0.05, 0) is 134 Å². The summed E-state index contributed by atoms with van der Waals surface area (Å²) >= 11 is 0. The van der Waals surface area contributed by atoms with E-state index in [0.29, 0.717) is 0 Å². The summed E-state index contributed by atoms with van der Waals surface area (Å²) in [5.41, 5.74) is 15.9. The highest BCUT2D eigenvalue weighted by atomic mass is 16.3. The fourth-order valence-corrected chi connectivity index (χ4v) is 9.30. The van der Waals surface area contributed by atoms with Crippen LogP contribution in [0.4, 0.5) is 11.4 Å². The molecule has 0 aliphatic heterocycles. The van der Waals surface area contributed by atoms with E-state index in [1.807, 2.05) is 6.07 Å². The molecule has 0 saturated heterocycles. The molecule has 0 amide bonds. The SMILES string of the molecule is CC1(C)c2ccccc2-c2ccc(N(C3=CC=C(c4ccc5ccc6oc7ccccc7c6c5c4)CC3)c3cccc(-c4ccc5ccccc5c4)c3)cc21. The molecule has 2 aliphatic carbocycles. The summed E-state index contributed by atoms with van der Waals surface area (Å²) in [4.78, 5) is 2.50. The van der Waals surface area contributed by atoms with Crippen LogP contribution >= 0.6 is 0 Å². The summed E-state index contributed by atoms with van der Waals surface area (Å²) in [6, 6.07) is 60.1. The van der Waals surface area contributed by atoms with E-state index >= 15 is 0 Å². The zero-order valence-electron chi connectivity index (χ0n) is 31.0. The molecule has 55 heavy (non-hydrogen) atoms. The second-order valence-electron chi connectivity index (χ2n) is 15.7. The van der Waals surface area contributed by atoms with Gasteiger partial charge >= 0.3 is 0 Å². The van der Waals surface area contributed by atoms with E-state index in [-0.39, 0.29) is 5.41 Å². The van der Waals surface area contributed by atoms with Crippen molar-refractivity contribution >= 4 is 60.4 Å². The first-order chi connectivity index (χ1) is 27.0. The van der Waals surface area contributed by atoms with Crippen LogP contribution in [0, 0.1) is 0 Å². The van der Waals surface area contributed by atoms with Gasteiger partial charge in [-0.25, -0.2) is 0 Å². The van der Waals surface area contributed by atoms with Gasteiger partial charge in [0.2, 0.25) is 0 Å². The maximum absolute atomic E-state index is 6.26. The molecule has 1 heterocycles. The average molecular weight is 706 g/mol. The molecule has 11 rings (SSSR count). The third kappa shape index (κ3) is 5.09. The maximum Gasteiger partial charge on any atom is 0.136 e. The van der Waals surface area contributed by atoms with Crippen molar-refractivity contribution < 1.29 is 4.42 Å². The second-order valence-corrected chi connectivity index (χ2v) is 15.7. The van der Waals surface area contributed by atoms with Crippen molar-refractivity contribution in [3.8, 4) is 22.3 Å². The summed E-state index contributed by atoms with van der Waals surface area (Å²) in [5.74, 6) is 0. The van der Waals surface area contributed by atoms with Crippen LogP contribution in [-0.4, -0.2) is 0 Å². The van der Waals surface area contributed by atoms with Crippen LogP contribution in [0.1, 0.15) is 43.4 Å². The van der Waals surface area contributed by atoms with E-state index in [4.69, 9.17) is 4.42 Å². The van der Waals surface area contributed by atoms with Crippen molar-refractivity contribution in [2.75, 3.05) is 4.90 Å². The monoisotopic (exact) mass is 705 g/mol. The number of benzene rings is 8. The van der Waals surface area contributed by atoms with Crippen LogP contribution in [-0.2, 0) is 5.41 Å². The topological polar surface area (TPSA) is 16.4 Å². The minimum atomic E-state index is -0.0869. The van der Waals surface area contributed by atoms with Crippen molar-refractivity contribution in [3.05, 3.63) is 198 Å². The van der Waals surface area contributed by atoms with Gasteiger partial charge in [-0.1, -0.05) is 135 Å². The fraction of sp³-hybridized carbons (Fsp3) is 0.0943. The lowest BCUT2D eigenvalue weighted by molar-refractivity contribution is 0.660. The molecule has 0 spiro atoms. The Morgan fingerprint density at radius 2 is 1.22 bits per heavy atom. The number of para-hydroxylation sites is 1. The summed E-state index contributed by atoms with van der Waals surface area (Å²) < 4.78 is 6.26. The van der Waals surface area contributed by atoms with Crippen LogP contribution in [0.5, 0.6) is 0 Å². The number of allylic oxidation sites excluding steroid dienone is 4. The number of fused-ring (bicyclic) bond motifs is 9. The van der Waals surface area contributed by atoms with Gasteiger partial charge in [-0.3, -0.25) is 0 Å². The summed E-state index contributed by atoms with van der Waals surface area (Å²) in [6.07, 6.45) is 6.57. The molecule has 0 unspecified atom stereocenters. The van der Waals surface area contributed by atoms with E-state index in [0.717, 1.165) is 24.0 Å². The lowest BCUT2D eigenvalue weighted by Gasteiger charge is -2.31. The van der Waals surface area contributed by atoms with Gasteiger partial charge in [0, 0.05) is 33.3 Å². The Balaban J connectivity index is 1.03. The van der Waals surface area contributed by atoms with Gasteiger partial charge in [0.05, 0.1) is 0 Å². The highest BCUT2D eigenvalue weighted by molar-refractivity contribution is 6.19. The first-order valence-corrected chi connectivity index (χ1v) is 19.4.